The lowest BCUT2D eigenvalue weighted by atomic mass is 10.0. The third-order valence-corrected chi connectivity index (χ3v) is 6.16. The molecule has 1 aromatic heterocycles. The van der Waals surface area contributed by atoms with Crippen LogP contribution in [0.1, 0.15) is 35.2 Å². The molecule has 0 bridgehead atoms. The number of hydrogen-bond acceptors (Lipinski definition) is 8. The third kappa shape index (κ3) is 4.13. The van der Waals surface area contributed by atoms with E-state index in [1.807, 2.05) is 4.90 Å². The minimum absolute atomic E-state index is 0.189. The maximum absolute atomic E-state index is 14.3. The first-order valence-electron chi connectivity index (χ1n) is 9.97. The number of methoxy groups -OCH3 is 1. The second kappa shape index (κ2) is 8.91. The summed E-state index contributed by atoms with van der Waals surface area (Å²) >= 11 is 1.35. The van der Waals surface area contributed by atoms with Crippen molar-refractivity contribution in [2.24, 2.45) is 5.73 Å². The van der Waals surface area contributed by atoms with Crippen molar-refractivity contribution in [1.29, 1.82) is 5.41 Å². The number of esters is 2. The average molecular weight is 456 g/mol. The Labute approximate surface area is 187 Å². The highest BCUT2D eigenvalue weighted by Gasteiger charge is 2.32. The quantitative estimate of drug-likeness (QED) is 0.261. The summed E-state index contributed by atoms with van der Waals surface area (Å²) < 4.78 is 25.3. The van der Waals surface area contributed by atoms with Crippen LogP contribution in [0.15, 0.2) is 35.8 Å². The zero-order valence-corrected chi connectivity index (χ0v) is 18.1. The Balaban J connectivity index is 1.69. The maximum atomic E-state index is 14.3. The number of nitrogens with two attached hydrogens (primary N) is 1. The third-order valence-electron chi connectivity index (χ3n) is 5.38. The molecule has 2 heterocycles. The van der Waals surface area contributed by atoms with Crippen molar-refractivity contribution in [1.82, 2.24) is 4.98 Å². The van der Waals surface area contributed by atoms with Crippen LogP contribution < -0.4 is 15.4 Å². The monoisotopic (exact) mass is 456 g/mol. The van der Waals surface area contributed by atoms with Gasteiger partial charge >= 0.3 is 11.9 Å². The van der Waals surface area contributed by atoms with Gasteiger partial charge in [-0.2, -0.15) is 0 Å². The number of ether oxygens (including phenoxy) is 2. The molecular weight excluding hydrogens is 435 g/mol. The summed E-state index contributed by atoms with van der Waals surface area (Å²) in [5, 5.41) is 7.38. The van der Waals surface area contributed by atoms with Crippen molar-refractivity contribution in [3.05, 3.63) is 52.8 Å². The number of rotatable bonds is 5. The van der Waals surface area contributed by atoms with E-state index in [0.29, 0.717) is 24.2 Å². The Hall–Kier alpha value is -3.53. The summed E-state index contributed by atoms with van der Waals surface area (Å²) in [6.45, 7) is 0.617. The Morgan fingerprint density at radius 1 is 1.25 bits per heavy atom. The maximum Gasteiger partial charge on any atom is 0.343 e. The van der Waals surface area contributed by atoms with Crippen LogP contribution in [0.25, 0.3) is 10.2 Å². The van der Waals surface area contributed by atoms with E-state index in [-0.39, 0.29) is 28.7 Å². The van der Waals surface area contributed by atoms with E-state index in [2.05, 4.69) is 4.98 Å². The molecule has 4 rings (SSSR count). The fourth-order valence-electron chi connectivity index (χ4n) is 3.80. The number of nitrogen functional groups attached to an aromatic ring is 1. The number of amidine groups is 1. The van der Waals surface area contributed by atoms with Gasteiger partial charge in [0, 0.05) is 12.1 Å². The molecule has 1 saturated heterocycles. The van der Waals surface area contributed by atoms with Gasteiger partial charge < -0.3 is 20.1 Å². The summed E-state index contributed by atoms with van der Waals surface area (Å²) in [4.78, 5) is 31.6. The molecule has 1 atom stereocenters. The highest BCUT2D eigenvalue weighted by Crippen LogP contribution is 2.35. The van der Waals surface area contributed by atoms with Gasteiger partial charge in [-0.25, -0.2) is 19.0 Å². The molecular formula is C22H21FN4O4S. The van der Waals surface area contributed by atoms with Crippen molar-refractivity contribution in [3.63, 3.8) is 0 Å². The molecule has 0 aliphatic carbocycles. The van der Waals surface area contributed by atoms with Gasteiger partial charge in [0.2, 0.25) is 0 Å². The lowest BCUT2D eigenvalue weighted by Gasteiger charge is -2.35. The number of hydrogen-bond donors (Lipinski definition) is 2. The number of carbonyl (C=O) groups excluding carboxylic acids is 2. The van der Waals surface area contributed by atoms with E-state index >= 15 is 0 Å². The van der Waals surface area contributed by atoms with E-state index in [4.69, 9.17) is 20.6 Å². The number of carbonyl (C=O) groups is 2. The summed E-state index contributed by atoms with van der Waals surface area (Å²) in [5.41, 5.74) is 8.75. The predicted molar refractivity (Wildman–Crippen MR) is 119 cm³/mol. The zero-order valence-electron chi connectivity index (χ0n) is 17.3. The minimum atomic E-state index is -0.799. The van der Waals surface area contributed by atoms with Crippen LogP contribution in [-0.4, -0.2) is 42.5 Å². The fourth-order valence-corrected chi connectivity index (χ4v) is 4.53. The standard InChI is InChI=1S/C22H21FN4O4S/c1-30-22(29)15-4-2-3-7-27(15)16-9-13(10-18-19(16)26-11-32-18)21(28)31-17-6-5-12(20(24)25)8-14(17)23/h5-6,8-11,15H,2-4,7H2,1H3,(H3,24,25). The number of halogens is 1. The first-order valence-corrected chi connectivity index (χ1v) is 10.8. The smallest absolute Gasteiger partial charge is 0.343 e. The largest absolute Gasteiger partial charge is 0.467 e. The lowest BCUT2D eigenvalue weighted by molar-refractivity contribution is -0.142. The first-order chi connectivity index (χ1) is 15.4. The van der Waals surface area contributed by atoms with Gasteiger partial charge in [0.15, 0.2) is 11.6 Å². The molecule has 32 heavy (non-hydrogen) atoms. The number of anilines is 1. The van der Waals surface area contributed by atoms with E-state index in [0.717, 1.165) is 23.6 Å². The molecule has 3 N–H and O–H groups in total. The SMILES string of the molecule is COC(=O)C1CCCCN1c1cc(C(=O)Oc2ccc(C(=N)N)cc2F)cc2scnc12. The molecule has 0 radical (unpaired) electrons. The second-order valence-corrected chi connectivity index (χ2v) is 8.26. The van der Waals surface area contributed by atoms with E-state index < -0.39 is 17.8 Å². The van der Waals surface area contributed by atoms with Gasteiger partial charge in [0.25, 0.3) is 0 Å². The van der Waals surface area contributed by atoms with Crippen LogP contribution >= 0.6 is 11.3 Å². The summed E-state index contributed by atoms with van der Waals surface area (Å²) in [6.07, 6.45) is 2.43. The number of thiazole rings is 1. The zero-order chi connectivity index (χ0) is 22.8. The van der Waals surface area contributed by atoms with E-state index in [1.165, 1.54) is 30.6 Å². The Bertz CT molecular complexity index is 1210. The molecule has 1 aliphatic rings. The van der Waals surface area contributed by atoms with Crippen molar-refractivity contribution < 1.29 is 23.5 Å². The molecule has 0 saturated carbocycles. The minimum Gasteiger partial charge on any atom is -0.467 e. The summed E-state index contributed by atoms with van der Waals surface area (Å²) in [6, 6.07) is 6.48. The van der Waals surface area contributed by atoms with Crippen LogP contribution in [0.5, 0.6) is 5.75 Å². The van der Waals surface area contributed by atoms with Gasteiger partial charge in [0.05, 0.1) is 28.6 Å². The molecule has 1 aliphatic heterocycles. The number of benzene rings is 2. The van der Waals surface area contributed by atoms with Gasteiger partial charge in [-0.1, -0.05) is 0 Å². The molecule has 10 heteroatoms. The van der Waals surface area contributed by atoms with Crippen molar-refractivity contribution in [2.75, 3.05) is 18.6 Å². The van der Waals surface area contributed by atoms with Crippen LogP contribution in [0.3, 0.4) is 0 Å². The number of nitrogens with one attached hydrogen (secondary N) is 1. The molecule has 0 spiro atoms. The molecule has 8 nitrogen and oxygen atoms in total. The number of piperidine rings is 1. The van der Waals surface area contributed by atoms with Crippen LogP contribution in [0.2, 0.25) is 0 Å². The lowest BCUT2D eigenvalue weighted by Crippen LogP contribution is -2.45. The number of fused-ring (bicyclic) bond motifs is 1. The molecule has 2 aromatic carbocycles. The van der Waals surface area contributed by atoms with Crippen molar-refractivity contribution >= 4 is 45.0 Å². The topological polar surface area (TPSA) is 119 Å². The highest BCUT2D eigenvalue weighted by molar-refractivity contribution is 7.16. The fraction of sp³-hybridized carbons (Fsp3) is 0.273. The van der Waals surface area contributed by atoms with Crippen LogP contribution in [-0.2, 0) is 9.53 Å². The Morgan fingerprint density at radius 2 is 2.06 bits per heavy atom. The number of nitrogens with zero attached hydrogens (tertiary/aromatic N) is 2. The van der Waals surface area contributed by atoms with Crippen LogP contribution in [0.4, 0.5) is 10.1 Å². The number of aromatic nitrogens is 1. The highest BCUT2D eigenvalue weighted by atomic mass is 32.1. The van der Waals surface area contributed by atoms with E-state index in [9.17, 15) is 14.0 Å². The van der Waals surface area contributed by atoms with Crippen molar-refractivity contribution in [2.45, 2.75) is 25.3 Å². The molecule has 3 aromatic rings. The van der Waals surface area contributed by atoms with Crippen molar-refractivity contribution in [3.8, 4) is 5.75 Å². The van der Waals surface area contributed by atoms with Crippen LogP contribution in [0, 0.1) is 11.2 Å². The summed E-state index contributed by atoms with van der Waals surface area (Å²) in [7, 11) is 1.35. The second-order valence-electron chi connectivity index (χ2n) is 7.37. The Morgan fingerprint density at radius 3 is 2.78 bits per heavy atom. The first kappa shape index (κ1) is 21.7. The van der Waals surface area contributed by atoms with Gasteiger partial charge in [-0.15, -0.1) is 11.3 Å². The predicted octanol–water partition coefficient (Wildman–Crippen LogP) is 3.47. The molecule has 166 valence electrons. The van der Waals surface area contributed by atoms with E-state index in [1.54, 1.807) is 17.6 Å². The molecule has 1 fully saturated rings. The molecule has 0 amide bonds. The average Bonchev–Trinajstić information content (AvgIpc) is 3.28. The summed E-state index contributed by atoms with van der Waals surface area (Å²) in [5.74, 6) is -2.44. The van der Waals surface area contributed by atoms with Gasteiger partial charge in [-0.3, -0.25) is 5.41 Å². The Kier molecular flexibility index (Phi) is 6.04. The van der Waals surface area contributed by atoms with Gasteiger partial charge in [0.1, 0.15) is 17.4 Å². The molecule has 1 unspecified atom stereocenters. The normalized spacial score (nSPS) is 16.1. The van der Waals surface area contributed by atoms with Gasteiger partial charge in [-0.05, 0) is 49.6 Å².